The van der Waals surface area contributed by atoms with Crippen molar-refractivity contribution in [2.24, 2.45) is 11.7 Å². The molecular weight excluding hydrogens is 678 g/mol. The summed E-state index contributed by atoms with van der Waals surface area (Å²) in [5, 5.41) is 33.0. The molecule has 10 N–H and O–H groups in total. The van der Waals surface area contributed by atoms with Crippen LogP contribution < -0.4 is 38.2 Å². The molecule has 3 aromatic rings. The Hall–Kier alpha value is -4.88. The number of aliphatic carboxylic acids is 1. The van der Waals surface area contributed by atoms with Crippen LogP contribution in [0.2, 0.25) is 0 Å². The SMILES string of the molecule is CC[C@@H](C)[C@H](NCN[C@@H](Cc1c[nH]c2ccccc12)C(=O)O)C(=O)N[C@H](C(=O)NC[C@H]1C[C@@H](O)[C@H](n2ccc(=O)[nH]c2=O)O1)[C@H](C)N(C)C(=O)CN. The van der Waals surface area contributed by atoms with Gasteiger partial charge < -0.3 is 41.2 Å². The van der Waals surface area contributed by atoms with Crippen molar-refractivity contribution < 1.29 is 34.1 Å². The van der Waals surface area contributed by atoms with Crippen LogP contribution in [0.3, 0.4) is 0 Å². The van der Waals surface area contributed by atoms with E-state index in [0.717, 1.165) is 27.1 Å². The molecule has 0 radical (unpaired) electrons. The van der Waals surface area contributed by atoms with E-state index in [2.05, 4.69) is 31.2 Å². The topological polar surface area (TPSA) is 266 Å². The van der Waals surface area contributed by atoms with Gasteiger partial charge in [-0.1, -0.05) is 38.5 Å². The van der Waals surface area contributed by atoms with Gasteiger partial charge >= 0.3 is 11.7 Å². The molecule has 1 fully saturated rings. The number of likely N-dealkylation sites (N-methyl/N-ethyl adjacent to an activating group) is 1. The number of aromatic amines is 2. The molecule has 0 unspecified atom stereocenters. The van der Waals surface area contributed by atoms with Crippen LogP contribution in [0.5, 0.6) is 0 Å². The van der Waals surface area contributed by atoms with Crippen LogP contribution in [-0.2, 0) is 30.3 Å². The number of nitrogens with zero attached hydrogens (tertiary/aromatic N) is 2. The van der Waals surface area contributed by atoms with Gasteiger partial charge in [0, 0.05) is 62.5 Å². The summed E-state index contributed by atoms with van der Waals surface area (Å²) in [6.45, 7) is 4.84. The summed E-state index contributed by atoms with van der Waals surface area (Å²) in [6, 6.07) is 4.75. The van der Waals surface area contributed by atoms with Crippen molar-refractivity contribution in [3.05, 3.63) is 69.1 Å². The fourth-order valence-corrected chi connectivity index (χ4v) is 6.15. The largest absolute Gasteiger partial charge is 0.480 e. The predicted octanol–water partition coefficient (Wildman–Crippen LogP) is -1.68. The van der Waals surface area contributed by atoms with E-state index >= 15 is 0 Å². The van der Waals surface area contributed by atoms with E-state index < -0.39 is 77.5 Å². The Morgan fingerprint density at radius 2 is 1.83 bits per heavy atom. The summed E-state index contributed by atoms with van der Waals surface area (Å²) >= 11 is 0. The summed E-state index contributed by atoms with van der Waals surface area (Å²) < 4.78 is 6.87. The Labute approximate surface area is 299 Å². The number of nitrogens with one attached hydrogen (secondary N) is 6. The summed E-state index contributed by atoms with van der Waals surface area (Å²) in [5.74, 6) is -2.98. The van der Waals surface area contributed by atoms with Crippen LogP contribution in [0.4, 0.5) is 0 Å². The second-order valence-electron chi connectivity index (χ2n) is 13.1. The van der Waals surface area contributed by atoms with Crippen molar-refractivity contribution in [3.63, 3.8) is 0 Å². The number of aliphatic hydroxyl groups is 1. The number of hydrogen-bond acceptors (Lipinski definition) is 11. The first-order valence-corrected chi connectivity index (χ1v) is 17.2. The Kier molecular flexibility index (Phi) is 13.9. The van der Waals surface area contributed by atoms with Crippen LogP contribution in [-0.4, -0.2) is 117 Å². The first kappa shape index (κ1) is 39.9. The number of benzene rings is 1. The van der Waals surface area contributed by atoms with E-state index in [-0.39, 0.29) is 38.5 Å². The first-order valence-electron chi connectivity index (χ1n) is 17.2. The highest BCUT2D eigenvalue weighted by molar-refractivity contribution is 5.91. The number of carboxylic acid groups (broad SMARTS) is 1. The number of ether oxygens (including phenoxy) is 1. The average molecular weight is 728 g/mol. The van der Waals surface area contributed by atoms with Gasteiger partial charge in [-0.25, -0.2) is 4.79 Å². The highest BCUT2D eigenvalue weighted by atomic mass is 16.5. The Bertz CT molecular complexity index is 1820. The highest BCUT2D eigenvalue weighted by Crippen LogP contribution is 2.27. The summed E-state index contributed by atoms with van der Waals surface area (Å²) in [4.78, 5) is 82.4. The molecule has 0 spiro atoms. The Morgan fingerprint density at radius 1 is 1.10 bits per heavy atom. The molecule has 3 amide bonds. The van der Waals surface area contributed by atoms with Crippen molar-refractivity contribution >= 4 is 34.6 Å². The number of carboxylic acids is 1. The third-order valence-corrected chi connectivity index (χ3v) is 9.60. The number of para-hydroxylation sites is 1. The lowest BCUT2D eigenvalue weighted by molar-refractivity contribution is -0.139. The second-order valence-corrected chi connectivity index (χ2v) is 13.1. The molecule has 0 aliphatic carbocycles. The number of carbonyl (C=O) groups is 4. The average Bonchev–Trinajstić information content (AvgIpc) is 3.71. The van der Waals surface area contributed by atoms with Crippen LogP contribution >= 0.6 is 0 Å². The van der Waals surface area contributed by atoms with Crippen LogP contribution in [0.25, 0.3) is 10.9 Å². The molecule has 4 rings (SSSR count). The molecule has 3 heterocycles. The van der Waals surface area contributed by atoms with Gasteiger partial charge in [0.1, 0.15) is 18.2 Å². The zero-order valence-electron chi connectivity index (χ0n) is 29.6. The smallest absolute Gasteiger partial charge is 0.330 e. The number of hydrogen-bond donors (Lipinski definition) is 9. The molecule has 284 valence electrons. The maximum atomic E-state index is 13.9. The van der Waals surface area contributed by atoms with E-state index in [1.807, 2.05) is 38.1 Å². The number of fused-ring (bicyclic) bond motifs is 1. The Morgan fingerprint density at radius 3 is 2.50 bits per heavy atom. The molecule has 0 bridgehead atoms. The van der Waals surface area contributed by atoms with Crippen molar-refractivity contribution in [2.75, 3.05) is 26.8 Å². The third kappa shape index (κ3) is 9.71. The zero-order chi connectivity index (χ0) is 38.1. The Balaban J connectivity index is 1.43. The second kappa shape index (κ2) is 18.1. The van der Waals surface area contributed by atoms with E-state index in [1.165, 1.54) is 18.1 Å². The van der Waals surface area contributed by atoms with Gasteiger partial charge in [-0.2, -0.15) is 0 Å². The van der Waals surface area contributed by atoms with Crippen molar-refractivity contribution in [1.29, 1.82) is 0 Å². The molecule has 18 nitrogen and oxygen atoms in total. The van der Waals surface area contributed by atoms with Gasteiger partial charge in [0.15, 0.2) is 6.23 Å². The molecule has 8 atom stereocenters. The van der Waals surface area contributed by atoms with Crippen molar-refractivity contribution in [3.8, 4) is 0 Å². The number of aliphatic hydroxyl groups excluding tert-OH is 1. The molecule has 52 heavy (non-hydrogen) atoms. The highest BCUT2D eigenvalue weighted by Gasteiger charge is 2.38. The van der Waals surface area contributed by atoms with Gasteiger partial charge in [0.2, 0.25) is 17.7 Å². The quantitative estimate of drug-likeness (QED) is 0.0666. The fourth-order valence-electron chi connectivity index (χ4n) is 6.15. The number of nitrogens with two attached hydrogens (primary N) is 1. The zero-order valence-corrected chi connectivity index (χ0v) is 29.6. The number of H-pyrrole nitrogens is 2. The first-order chi connectivity index (χ1) is 24.7. The minimum absolute atomic E-state index is 0.0410. The molecule has 1 aliphatic rings. The maximum Gasteiger partial charge on any atom is 0.330 e. The van der Waals surface area contributed by atoms with E-state index in [1.54, 1.807) is 13.1 Å². The number of aromatic nitrogens is 3. The standard InChI is InChI=1S/C34H49N9O9/c1-5-18(2)28(39-17-38-24(33(49)50)12-20-15-36-23-9-7-6-8-22(20)23)31(48)41-29(19(3)42(4)27(46)14-35)30(47)37-16-21-13-25(44)32(52-21)43-11-10-26(45)40-34(43)51/h6-11,15,18-19,21,24-25,28-29,32,36,38-39,44H,5,12-14,16-17,35H2,1-4H3,(H,37,47)(H,41,48)(H,49,50)(H,40,45,51)/t18-,19+,21-,24+,25-,28+,29+,32-/m1/s1. The van der Waals surface area contributed by atoms with Crippen molar-refractivity contribution in [1.82, 2.24) is 40.7 Å². The van der Waals surface area contributed by atoms with E-state index in [9.17, 15) is 39.0 Å². The molecule has 1 aromatic carbocycles. The lowest BCUT2D eigenvalue weighted by Gasteiger charge is -2.33. The minimum atomic E-state index is -1.26. The van der Waals surface area contributed by atoms with Crippen LogP contribution in [0.1, 0.15) is 45.4 Å². The summed E-state index contributed by atoms with van der Waals surface area (Å²) in [5.41, 5.74) is 5.92. The number of amides is 3. The van der Waals surface area contributed by atoms with Gasteiger partial charge in [-0.15, -0.1) is 0 Å². The van der Waals surface area contributed by atoms with Crippen LogP contribution in [0.15, 0.2) is 52.3 Å². The summed E-state index contributed by atoms with van der Waals surface area (Å²) in [6.07, 6.45) is 0.839. The number of rotatable bonds is 18. The summed E-state index contributed by atoms with van der Waals surface area (Å²) in [7, 11) is 1.46. The van der Waals surface area contributed by atoms with E-state index in [4.69, 9.17) is 10.5 Å². The van der Waals surface area contributed by atoms with Gasteiger partial charge in [-0.05, 0) is 24.5 Å². The monoisotopic (exact) mass is 727 g/mol. The lowest BCUT2D eigenvalue weighted by Crippen LogP contribution is -2.62. The van der Waals surface area contributed by atoms with Gasteiger partial charge in [-0.3, -0.25) is 44.2 Å². The number of carbonyl (C=O) groups excluding carboxylic acids is 3. The lowest BCUT2D eigenvalue weighted by atomic mass is 9.97. The van der Waals surface area contributed by atoms with Gasteiger partial charge in [0.05, 0.1) is 24.7 Å². The molecular formula is C34H49N9O9. The predicted molar refractivity (Wildman–Crippen MR) is 190 cm³/mol. The molecule has 1 aliphatic heterocycles. The maximum absolute atomic E-state index is 13.9. The molecule has 18 heteroatoms. The van der Waals surface area contributed by atoms with Gasteiger partial charge in [0.25, 0.3) is 5.56 Å². The fraction of sp³-hybridized carbons (Fsp3) is 0.529. The molecule has 0 saturated carbocycles. The molecule has 1 saturated heterocycles. The third-order valence-electron chi connectivity index (χ3n) is 9.60. The molecule has 2 aromatic heterocycles. The van der Waals surface area contributed by atoms with Crippen molar-refractivity contribution in [2.45, 2.75) is 82.6 Å². The van der Waals surface area contributed by atoms with Crippen LogP contribution in [0, 0.1) is 5.92 Å². The van der Waals surface area contributed by atoms with E-state index in [0.29, 0.717) is 6.42 Å². The normalized spacial score (nSPS) is 20.1. The minimum Gasteiger partial charge on any atom is -0.480 e.